The van der Waals surface area contributed by atoms with Gasteiger partial charge in [-0.3, -0.25) is 0 Å². The first kappa shape index (κ1) is 12.2. The van der Waals surface area contributed by atoms with Gasteiger partial charge in [-0.05, 0) is 25.0 Å². The molecule has 1 aromatic carbocycles. The standard InChI is InChI=1S/C13H20N2O2/c1-16-12-5-3-2-4-11(12)15-13(10-14)6-8-17-9-7-13/h2-5,15H,6-10,14H2,1H3. The van der Waals surface area contributed by atoms with Crippen LogP contribution < -0.4 is 15.8 Å². The zero-order valence-corrected chi connectivity index (χ0v) is 10.2. The van der Waals surface area contributed by atoms with E-state index in [-0.39, 0.29) is 5.54 Å². The number of methoxy groups -OCH3 is 1. The number of hydrogen-bond acceptors (Lipinski definition) is 4. The summed E-state index contributed by atoms with van der Waals surface area (Å²) >= 11 is 0. The van der Waals surface area contributed by atoms with E-state index < -0.39 is 0 Å². The first-order valence-corrected chi connectivity index (χ1v) is 5.99. The van der Waals surface area contributed by atoms with Gasteiger partial charge in [0.05, 0.1) is 18.3 Å². The lowest BCUT2D eigenvalue weighted by molar-refractivity contribution is 0.0627. The van der Waals surface area contributed by atoms with Crippen molar-refractivity contribution in [2.24, 2.45) is 5.73 Å². The molecule has 2 rings (SSSR count). The highest BCUT2D eigenvalue weighted by Crippen LogP contribution is 2.30. The second kappa shape index (κ2) is 5.38. The second-order valence-electron chi connectivity index (χ2n) is 4.42. The van der Waals surface area contributed by atoms with Gasteiger partial charge < -0.3 is 20.5 Å². The first-order valence-electron chi connectivity index (χ1n) is 5.99. The molecular weight excluding hydrogens is 216 g/mol. The molecule has 0 aliphatic carbocycles. The van der Waals surface area contributed by atoms with Crippen molar-refractivity contribution in [3.05, 3.63) is 24.3 Å². The number of ether oxygens (including phenoxy) is 2. The highest BCUT2D eigenvalue weighted by atomic mass is 16.5. The fourth-order valence-electron chi connectivity index (χ4n) is 2.18. The molecule has 1 fully saturated rings. The van der Waals surface area contributed by atoms with E-state index >= 15 is 0 Å². The third-order valence-electron chi connectivity index (χ3n) is 3.35. The Morgan fingerprint density at radius 3 is 2.71 bits per heavy atom. The van der Waals surface area contributed by atoms with Gasteiger partial charge in [-0.2, -0.15) is 0 Å². The maximum atomic E-state index is 5.92. The van der Waals surface area contributed by atoms with Crippen LogP contribution in [-0.4, -0.2) is 32.4 Å². The zero-order chi connectivity index (χ0) is 12.1. The van der Waals surface area contributed by atoms with Crippen LogP contribution in [0, 0.1) is 0 Å². The summed E-state index contributed by atoms with van der Waals surface area (Å²) in [5, 5.41) is 3.53. The van der Waals surface area contributed by atoms with Crippen molar-refractivity contribution in [1.82, 2.24) is 0 Å². The first-order chi connectivity index (χ1) is 8.29. The Morgan fingerprint density at radius 1 is 1.35 bits per heavy atom. The maximum absolute atomic E-state index is 5.92. The minimum atomic E-state index is -0.0626. The van der Waals surface area contributed by atoms with Crippen molar-refractivity contribution in [2.75, 3.05) is 32.2 Å². The lowest BCUT2D eigenvalue weighted by Gasteiger charge is -2.38. The van der Waals surface area contributed by atoms with E-state index in [1.54, 1.807) is 7.11 Å². The topological polar surface area (TPSA) is 56.5 Å². The maximum Gasteiger partial charge on any atom is 0.141 e. The largest absolute Gasteiger partial charge is 0.495 e. The number of anilines is 1. The molecule has 0 unspecified atom stereocenters. The highest BCUT2D eigenvalue weighted by Gasteiger charge is 2.31. The van der Waals surface area contributed by atoms with Crippen LogP contribution in [0.2, 0.25) is 0 Å². The summed E-state index contributed by atoms with van der Waals surface area (Å²) in [5.74, 6) is 0.854. The van der Waals surface area contributed by atoms with Crippen LogP contribution in [0.25, 0.3) is 0 Å². The molecule has 17 heavy (non-hydrogen) atoms. The number of rotatable bonds is 4. The molecule has 1 saturated heterocycles. The normalized spacial score (nSPS) is 18.7. The average molecular weight is 236 g/mol. The lowest BCUT2D eigenvalue weighted by atomic mass is 9.89. The summed E-state index contributed by atoms with van der Waals surface area (Å²) in [7, 11) is 1.68. The molecule has 0 atom stereocenters. The molecular formula is C13H20N2O2. The van der Waals surface area contributed by atoms with Gasteiger partial charge in [0.1, 0.15) is 5.75 Å². The van der Waals surface area contributed by atoms with Gasteiger partial charge in [0.15, 0.2) is 0 Å². The Labute approximate surface area is 102 Å². The van der Waals surface area contributed by atoms with E-state index in [1.165, 1.54) is 0 Å². The summed E-state index contributed by atoms with van der Waals surface area (Å²) in [5.41, 5.74) is 6.86. The van der Waals surface area contributed by atoms with Crippen molar-refractivity contribution in [1.29, 1.82) is 0 Å². The zero-order valence-electron chi connectivity index (χ0n) is 10.2. The van der Waals surface area contributed by atoms with Gasteiger partial charge >= 0.3 is 0 Å². The SMILES string of the molecule is COc1ccccc1NC1(CN)CCOCC1. The van der Waals surface area contributed by atoms with Crippen molar-refractivity contribution < 1.29 is 9.47 Å². The molecule has 94 valence electrons. The van der Waals surface area contributed by atoms with E-state index in [9.17, 15) is 0 Å². The predicted molar refractivity (Wildman–Crippen MR) is 68.5 cm³/mol. The number of hydrogen-bond donors (Lipinski definition) is 2. The van der Waals surface area contributed by atoms with Crippen molar-refractivity contribution in [3.8, 4) is 5.75 Å². The van der Waals surface area contributed by atoms with E-state index in [0.717, 1.165) is 37.5 Å². The number of benzene rings is 1. The van der Waals surface area contributed by atoms with Gasteiger partial charge in [-0.25, -0.2) is 0 Å². The van der Waals surface area contributed by atoms with Crippen molar-refractivity contribution in [2.45, 2.75) is 18.4 Å². The molecule has 4 nitrogen and oxygen atoms in total. The fraction of sp³-hybridized carbons (Fsp3) is 0.538. The Balaban J connectivity index is 2.17. The van der Waals surface area contributed by atoms with E-state index in [2.05, 4.69) is 5.32 Å². The molecule has 1 aliphatic rings. The molecule has 1 heterocycles. The second-order valence-corrected chi connectivity index (χ2v) is 4.42. The van der Waals surface area contributed by atoms with Gasteiger partial charge in [0.25, 0.3) is 0 Å². The number of nitrogens with two attached hydrogens (primary N) is 1. The van der Waals surface area contributed by atoms with Crippen LogP contribution >= 0.6 is 0 Å². The lowest BCUT2D eigenvalue weighted by Crippen LogP contribution is -2.49. The van der Waals surface area contributed by atoms with Gasteiger partial charge in [0.2, 0.25) is 0 Å². The molecule has 0 aromatic heterocycles. The third-order valence-corrected chi connectivity index (χ3v) is 3.35. The summed E-state index contributed by atoms with van der Waals surface area (Å²) in [6, 6.07) is 7.93. The minimum absolute atomic E-state index is 0.0626. The van der Waals surface area contributed by atoms with E-state index in [1.807, 2.05) is 24.3 Å². The Kier molecular flexibility index (Phi) is 3.86. The van der Waals surface area contributed by atoms with Crippen LogP contribution in [0.3, 0.4) is 0 Å². The number of para-hydroxylation sites is 2. The van der Waals surface area contributed by atoms with Gasteiger partial charge in [-0.15, -0.1) is 0 Å². The third kappa shape index (κ3) is 2.70. The Morgan fingerprint density at radius 2 is 2.06 bits per heavy atom. The summed E-state index contributed by atoms with van der Waals surface area (Å²) in [6.45, 7) is 2.13. The van der Waals surface area contributed by atoms with Crippen LogP contribution in [0.1, 0.15) is 12.8 Å². The van der Waals surface area contributed by atoms with Crippen molar-refractivity contribution >= 4 is 5.69 Å². The molecule has 4 heteroatoms. The fourth-order valence-corrected chi connectivity index (χ4v) is 2.18. The van der Waals surface area contributed by atoms with Gasteiger partial charge in [0, 0.05) is 19.8 Å². The number of nitrogens with one attached hydrogen (secondary N) is 1. The minimum Gasteiger partial charge on any atom is -0.495 e. The smallest absolute Gasteiger partial charge is 0.141 e. The predicted octanol–water partition coefficient (Wildman–Crippen LogP) is 1.62. The van der Waals surface area contributed by atoms with E-state index in [0.29, 0.717) is 6.54 Å². The average Bonchev–Trinajstić information content (AvgIpc) is 2.40. The van der Waals surface area contributed by atoms with Crippen molar-refractivity contribution in [3.63, 3.8) is 0 Å². The van der Waals surface area contributed by atoms with Crippen LogP contribution in [0.4, 0.5) is 5.69 Å². The van der Waals surface area contributed by atoms with Gasteiger partial charge in [-0.1, -0.05) is 12.1 Å². The van der Waals surface area contributed by atoms with Crippen LogP contribution in [0.5, 0.6) is 5.75 Å². The Bertz CT molecular complexity index is 362. The monoisotopic (exact) mass is 236 g/mol. The summed E-state index contributed by atoms with van der Waals surface area (Å²) in [4.78, 5) is 0. The van der Waals surface area contributed by atoms with Crippen LogP contribution in [0.15, 0.2) is 24.3 Å². The molecule has 1 aromatic rings. The molecule has 0 spiro atoms. The molecule has 0 amide bonds. The Hall–Kier alpha value is -1.26. The van der Waals surface area contributed by atoms with Crippen LogP contribution in [-0.2, 0) is 4.74 Å². The molecule has 1 aliphatic heterocycles. The summed E-state index contributed by atoms with van der Waals surface area (Å²) in [6.07, 6.45) is 1.86. The molecule has 0 radical (unpaired) electrons. The highest BCUT2D eigenvalue weighted by molar-refractivity contribution is 5.57. The quantitative estimate of drug-likeness (QED) is 0.834. The molecule has 0 saturated carbocycles. The molecule has 0 bridgehead atoms. The summed E-state index contributed by atoms with van der Waals surface area (Å²) < 4.78 is 10.7. The molecule has 3 N–H and O–H groups in total. The van der Waals surface area contributed by atoms with E-state index in [4.69, 9.17) is 15.2 Å².